The summed E-state index contributed by atoms with van der Waals surface area (Å²) < 4.78 is 18.9. The summed E-state index contributed by atoms with van der Waals surface area (Å²) in [4.78, 5) is 23.2. The number of carboxylic acids is 1. The van der Waals surface area contributed by atoms with E-state index in [9.17, 15) is 14.3 Å². The van der Waals surface area contributed by atoms with Crippen LogP contribution in [0.4, 0.5) is 15.9 Å². The van der Waals surface area contributed by atoms with Gasteiger partial charge in [-0.1, -0.05) is 0 Å². The van der Waals surface area contributed by atoms with Crippen molar-refractivity contribution in [3.8, 4) is 5.75 Å². The molecule has 0 aliphatic heterocycles. The first-order valence-corrected chi connectivity index (χ1v) is 8.24. The number of hydrogen-bond donors (Lipinski definition) is 3. The predicted molar refractivity (Wildman–Crippen MR) is 93.3 cm³/mol. The highest BCUT2D eigenvalue weighted by Crippen LogP contribution is 2.36. The second-order valence-corrected chi connectivity index (χ2v) is 6.28. The van der Waals surface area contributed by atoms with Crippen molar-refractivity contribution in [1.82, 2.24) is 15.0 Å². The molecule has 0 saturated heterocycles. The Balaban J connectivity index is 1.81. The molecule has 1 atom stereocenters. The van der Waals surface area contributed by atoms with E-state index in [1.54, 1.807) is 0 Å². The number of halogens is 1. The predicted octanol–water partition coefficient (Wildman–Crippen LogP) is 3.04. The molecule has 3 aromatic rings. The molecule has 1 aromatic carbocycles. The average Bonchev–Trinajstić information content (AvgIpc) is 3.00. The maximum atomic E-state index is 13.7. The zero-order chi connectivity index (χ0) is 18.3. The van der Waals surface area contributed by atoms with Crippen molar-refractivity contribution in [2.45, 2.75) is 19.3 Å². The quantitative estimate of drug-likeness (QED) is 0.664. The maximum Gasteiger partial charge on any atom is 0.306 e. The van der Waals surface area contributed by atoms with Crippen LogP contribution in [0.3, 0.4) is 0 Å². The van der Waals surface area contributed by atoms with Gasteiger partial charge in [0, 0.05) is 11.8 Å². The van der Waals surface area contributed by atoms with Gasteiger partial charge in [0.2, 0.25) is 0 Å². The summed E-state index contributed by atoms with van der Waals surface area (Å²) >= 11 is 0. The lowest BCUT2D eigenvalue weighted by Crippen LogP contribution is -2.21. The van der Waals surface area contributed by atoms with Gasteiger partial charge in [0.1, 0.15) is 29.4 Å². The number of aryl methyl sites for hydroxylation is 1. The Hall–Kier alpha value is -3.16. The highest BCUT2D eigenvalue weighted by molar-refractivity contribution is 5.94. The molecule has 2 aromatic heterocycles. The van der Waals surface area contributed by atoms with Gasteiger partial charge in [-0.15, -0.1) is 0 Å². The molecule has 1 aliphatic carbocycles. The number of carboxylic acid groups (broad SMARTS) is 1. The second kappa shape index (κ2) is 6.29. The molecule has 26 heavy (non-hydrogen) atoms. The lowest BCUT2D eigenvalue weighted by molar-refractivity contribution is -0.142. The number of methoxy groups -OCH3 is 1. The number of aliphatic carboxylic acids is 1. The van der Waals surface area contributed by atoms with Crippen LogP contribution in [0.25, 0.3) is 11.0 Å². The molecule has 3 N–H and O–H groups in total. The molecule has 0 bridgehead atoms. The van der Waals surface area contributed by atoms with Crippen molar-refractivity contribution in [2.24, 2.45) is 5.92 Å². The van der Waals surface area contributed by atoms with E-state index in [0.717, 1.165) is 16.6 Å². The summed E-state index contributed by atoms with van der Waals surface area (Å²) in [5.41, 5.74) is 2.95. The number of anilines is 2. The van der Waals surface area contributed by atoms with Crippen LogP contribution < -0.4 is 10.1 Å². The first-order valence-electron chi connectivity index (χ1n) is 8.24. The number of ether oxygens (including phenoxy) is 1. The van der Waals surface area contributed by atoms with Crippen molar-refractivity contribution in [1.29, 1.82) is 0 Å². The van der Waals surface area contributed by atoms with Gasteiger partial charge in [0.05, 0.1) is 24.1 Å². The fourth-order valence-corrected chi connectivity index (χ4v) is 3.45. The van der Waals surface area contributed by atoms with E-state index in [1.165, 1.54) is 31.6 Å². The number of nitrogens with zero attached hydrogens (tertiary/aromatic N) is 2. The molecular formula is C18H17FN4O3. The van der Waals surface area contributed by atoms with Gasteiger partial charge in [-0.25, -0.2) is 14.4 Å². The average molecular weight is 356 g/mol. The lowest BCUT2D eigenvalue weighted by Gasteiger charge is -2.19. The summed E-state index contributed by atoms with van der Waals surface area (Å²) in [6.07, 6.45) is 3.05. The van der Waals surface area contributed by atoms with Crippen LogP contribution in [0.5, 0.6) is 5.75 Å². The van der Waals surface area contributed by atoms with E-state index in [0.29, 0.717) is 42.2 Å². The highest BCUT2D eigenvalue weighted by atomic mass is 19.1. The third-order valence-corrected chi connectivity index (χ3v) is 4.74. The van der Waals surface area contributed by atoms with E-state index in [-0.39, 0.29) is 0 Å². The highest BCUT2D eigenvalue weighted by Gasteiger charge is 2.28. The summed E-state index contributed by atoms with van der Waals surface area (Å²) in [5, 5.41) is 13.2. The van der Waals surface area contributed by atoms with Crippen LogP contribution in [-0.2, 0) is 17.6 Å². The molecule has 7 nitrogen and oxygen atoms in total. The Bertz CT molecular complexity index is 1000. The lowest BCUT2D eigenvalue weighted by atomic mass is 9.86. The number of fused-ring (bicyclic) bond motifs is 3. The van der Waals surface area contributed by atoms with Crippen LogP contribution in [0.1, 0.15) is 17.7 Å². The van der Waals surface area contributed by atoms with Gasteiger partial charge >= 0.3 is 5.97 Å². The monoisotopic (exact) mass is 356 g/mol. The minimum absolute atomic E-state index is 0.402. The number of carbonyl (C=O) groups is 1. The Morgan fingerprint density at radius 1 is 1.42 bits per heavy atom. The first kappa shape index (κ1) is 16.3. The van der Waals surface area contributed by atoms with Crippen molar-refractivity contribution in [2.75, 3.05) is 12.4 Å². The van der Waals surface area contributed by atoms with Gasteiger partial charge in [-0.05, 0) is 37.0 Å². The molecular weight excluding hydrogens is 339 g/mol. The summed E-state index contributed by atoms with van der Waals surface area (Å²) in [6, 6.07) is 4.17. The minimum Gasteiger partial charge on any atom is -0.495 e. The van der Waals surface area contributed by atoms with E-state index < -0.39 is 17.7 Å². The van der Waals surface area contributed by atoms with Gasteiger partial charge in [0.25, 0.3) is 0 Å². The standard InChI is InChI=1S/C18H17FN4O3/c1-26-14-5-3-10(19)7-13(14)23-17-15-11-6-9(18(24)25)2-4-12(11)22-16(15)20-8-21-17/h3,5,7-9H,2,4,6H2,1H3,(H,24,25)(H2,20,21,22,23)/t9-/m0/s1. The molecule has 0 saturated carbocycles. The van der Waals surface area contributed by atoms with E-state index >= 15 is 0 Å². The minimum atomic E-state index is -0.803. The number of benzene rings is 1. The zero-order valence-corrected chi connectivity index (χ0v) is 14.0. The van der Waals surface area contributed by atoms with Gasteiger partial charge in [0.15, 0.2) is 0 Å². The second-order valence-electron chi connectivity index (χ2n) is 6.28. The Labute approximate surface area is 148 Å². The van der Waals surface area contributed by atoms with Crippen LogP contribution in [0.15, 0.2) is 24.5 Å². The van der Waals surface area contributed by atoms with Gasteiger partial charge < -0.3 is 20.1 Å². The molecule has 1 aliphatic rings. The number of rotatable bonds is 4. The number of aromatic amines is 1. The molecule has 134 valence electrons. The number of H-pyrrole nitrogens is 1. The SMILES string of the molecule is COc1ccc(F)cc1Nc1ncnc2[nH]c3c(c12)C[C@@H](C(=O)O)CC3. The zero-order valence-electron chi connectivity index (χ0n) is 14.0. The molecule has 0 unspecified atom stereocenters. The van der Waals surface area contributed by atoms with Crippen LogP contribution in [0.2, 0.25) is 0 Å². The van der Waals surface area contributed by atoms with Crippen molar-refractivity contribution in [3.63, 3.8) is 0 Å². The van der Waals surface area contributed by atoms with Crippen LogP contribution in [0, 0.1) is 11.7 Å². The maximum absolute atomic E-state index is 13.7. The molecule has 0 amide bonds. The van der Waals surface area contributed by atoms with Crippen LogP contribution in [-0.4, -0.2) is 33.1 Å². The van der Waals surface area contributed by atoms with E-state index in [4.69, 9.17) is 4.74 Å². The molecule has 4 rings (SSSR count). The Morgan fingerprint density at radius 2 is 2.27 bits per heavy atom. The molecule has 0 radical (unpaired) electrons. The summed E-state index contributed by atoms with van der Waals surface area (Å²) in [7, 11) is 1.50. The summed E-state index contributed by atoms with van der Waals surface area (Å²) in [5.74, 6) is -0.671. The summed E-state index contributed by atoms with van der Waals surface area (Å²) in [6.45, 7) is 0. The van der Waals surface area contributed by atoms with Crippen LogP contribution >= 0.6 is 0 Å². The molecule has 8 heteroatoms. The van der Waals surface area contributed by atoms with Crippen molar-refractivity contribution < 1.29 is 19.0 Å². The normalized spacial score (nSPS) is 16.3. The number of hydrogen-bond acceptors (Lipinski definition) is 5. The smallest absolute Gasteiger partial charge is 0.306 e. The van der Waals surface area contributed by atoms with Crippen molar-refractivity contribution in [3.05, 3.63) is 41.6 Å². The third-order valence-electron chi connectivity index (χ3n) is 4.74. The molecule has 0 fully saturated rings. The van der Waals surface area contributed by atoms with E-state index in [1.807, 2.05) is 0 Å². The van der Waals surface area contributed by atoms with Gasteiger partial charge in [-0.3, -0.25) is 4.79 Å². The molecule has 0 spiro atoms. The third kappa shape index (κ3) is 2.73. The largest absolute Gasteiger partial charge is 0.495 e. The Kier molecular flexibility index (Phi) is 3.95. The van der Waals surface area contributed by atoms with Crippen molar-refractivity contribution >= 4 is 28.5 Å². The fourth-order valence-electron chi connectivity index (χ4n) is 3.45. The molecule has 2 heterocycles. The van der Waals surface area contributed by atoms with Gasteiger partial charge in [-0.2, -0.15) is 0 Å². The Morgan fingerprint density at radius 3 is 3.04 bits per heavy atom. The topological polar surface area (TPSA) is 100 Å². The number of aromatic nitrogens is 3. The fraction of sp³-hybridized carbons (Fsp3) is 0.278. The first-order chi connectivity index (χ1) is 12.6. The number of nitrogens with one attached hydrogen (secondary N) is 2. The van der Waals surface area contributed by atoms with E-state index in [2.05, 4.69) is 20.3 Å².